The molecule has 4 nitrogen and oxygen atoms in total. The average Bonchev–Trinajstić information content (AvgIpc) is 2.86. The highest BCUT2D eigenvalue weighted by Crippen LogP contribution is 2.35. The highest BCUT2D eigenvalue weighted by Gasteiger charge is 2.27. The van der Waals surface area contributed by atoms with E-state index < -0.39 is 17.5 Å². The van der Waals surface area contributed by atoms with Crippen LogP contribution in [0.1, 0.15) is 44.9 Å². The fraction of sp³-hybridized carbons (Fsp3) is 0.500. The molecule has 0 aliphatic heterocycles. The molecule has 1 heterocycles. The summed E-state index contributed by atoms with van der Waals surface area (Å²) in [7, 11) is 0. The van der Waals surface area contributed by atoms with Crippen LogP contribution in [0.4, 0.5) is 4.39 Å². The van der Waals surface area contributed by atoms with Gasteiger partial charge in [0.05, 0.1) is 16.3 Å². The highest BCUT2D eigenvalue weighted by molar-refractivity contribution is 6.32. The Balaban J connectivity index is 2.03. The Morgan fingerprint density at radius 2 is 1.96 bits per heavy atom. The zero-order valence-electron chi connectivity index (χ0n) is 14.4. The van der Waals surface area contributed by atoms with Gasteiger partial charge >= 0.3 is 0 Å². The molecule has 0 amide bonds. The normalized spacial score (nSPS) is 15.8. The van der Waals surface area contributed by atoms with Crippen LogP contribution in [-0.4, -0.2) is 26.6 Å². The number of fused-ring (bicyclic) bond motifs is 1. The van der Waals surface area contributed by atoms with Crippen LogP contribution in [0.2, 0.25) is 10.2 Å². The fourth-order valence-corrected chi connectivity index (χ4v) is 3.31. The van der Waals surface area contributed by atoms with Gasteiger partial charge in [0.1, 0.15) is 22.7 Å². The second-order valence-electron chi connectivity index (χ2n) is 6.98. The minimum Gasteiger partial charge on any atom is -0.486 e. The lowest BCUT2D eigenvalue weighted by Crippen LogP contribution is -2.38. The Bertz CT molecular complexity index is 799. The standard InChI is InChI=1S/C18H21Cl2FN2O2/c1-10(18(2,3)24)25-16-9-15(13(21)8-12(16)19)23-17(20)11-6-4-5-7-14(11)22-23/h8-10,24H,4-7H2,1-3H3. The number of hydrogen-bond acceptors (Lipinski definition) is 3. The van der Waals surface area contributed by atoms with E-state index in [4.69, 9.17) is 27.9 Å². The van der Waals surface area contributed by atoms with Crippen molar-refractivity contribution in [2.45, 2.75) is 58.2 Å². The van der Waals surface area contributed by atoms with Crippen molar-refractivity contribution < 1.29 is 14.2 Å². The van der Waals surface area contributed by atoms with Gasteiger partial charge < -0.3 is 9.84 Å². The van der Waals surface area contributed by atoms with Gasteiger partial charge in [-0.05, 0) is 52.5 Å². The van der Waals surface area contributed by atoms with E-state index in [1.54, 1.807) is 20.8 Å². The van der Waals surface area contributed by atoms with Crippen LogP contribution >= 0.6 is 23.2 Å². The minimum absolute atomic E-state index is 0.130. The predicted molar refractivity (Wildman–Crippen MR) is 96.6 cm³/mol. The molecule has 0 bridgehead atoms. The van der Waals surface area contributed by atoms with Crippen LogP contribution in [0.25, 0.3) is 5.69 Å². The number of benzene rings is 1. The van der Waals surface area contributed by atoms with Crippen molar-refractivity contribution >= 4 is 23.2 Å². The number of aliphatic hydroxyl groups is 1. The van der Waals surface area contributed by atoms with Crippen LogP contribution in [0.15, 0.2) is 12.1 Å². The lowest BCUT2D eigenvalue weighted by Gasteiger charge is -2.27. The molecule has 1 aliphatic rings. The summed E-state index contributed by atoms with van der Waals surface area (Å²) in [4.78, 5) is 0. The second kappa shape index (κ2) is 6.78. The molecule has 3 rings (SSSR count). The smallest absolute Gasteiger partial charge is 0.150 e. The molecule has 0 fully saturated rings. The summed E-state index contributed by atoms with van der Waals surface area (Å²) in [5.41, 5.74) is 1.01. The van der Waals surface area contributed by atoms with E-state index in [1.165, 1.54) is 16.8 Å². The number of nitrogens with zero attached hydrogens (tertiary/aromatic N) is 2. The molecule has 1 atom stereocenters. The Morgan fingerprint density at radius 3 is 2.60 bits per heavy atom. The molecule has 1 unspecified atom stereocenters. The second-order valence-corrected chi connectivity index (χ2v) is 7.75. The summed E-state index contributed by atoms with van der Waals surface area (Å²) >= 11 is 12.6. The monoisotopic (exact) mass is 386 g/mol. The largest absolute Gasteiger partial charge is 0.486 e. The van der Waals surface area contributed by atoms with Crippen molar-refractivity contribution in [1.29, 1.82) is 0 Å². The van der Waals surface area contributed by atoms with Crippen LogP contribution in [0, 0.1) is 5.82 Å². The summed E-state index contributed by atoms with van der Waals surface area (Å²) in [5, 5.41) is 15.1. The van der Waals surface area contributed by atoms with E-state index in [0.29, 0.717) is 5.15 Å². The van der Waals surface area contributed by atoms with Crippen molar-refractivity contribution in [3.63, 3.8) is 0 Å². The molecule has 1 aromatic carbocycles. The number of halogens is 3. The van der Waals surface area contributed by atoms with Crippen molar-refractivity contribution in [2.75, 3.05) is 0 Å². The maximum Gasteiger partial charge on any atom is 0.150 e. The van der Waals surface area contributed by atoms with E-state index in [9.17, 15) is 9.50 Å². The third-order valence-corrected chi connectivity index (χ3v) is 5.31. The summed E-state index contributed by atoms with van der Waals surface area (Å²) in [6, 6.07) is 2.66. The fourth-order valence-electron chi connectivity index (χ4n) is 2.78. The average molecular weight is 387 g/mol. The van der Waals surface area contributed by atoms with Crippen molar-refractivity contribution in [3.05, 3.63) is 39.4 Å². The van der Waals surface area contributed by atoms with E-state index >= 15 is 0 Å². The molecule has 7 heteroatoms. The van der Waals surface area contributed by atoms with E-state index in [0.717, 1.165) is 36.9 Å². The van der Waals surface area contributed by atoms with Gasteiger partial charge in [0.15, 0.2) is 5.82 Å². The van der Waals surface area contributed by atoms with Gasteiger partial charge in [0.2, 0.25) is 0 Å². The van der Waals surface area contributed by atoms with E-state index in [2.05, 4.69) is 5.10 Å². The minimum atomic E-state index is -1.07. The summed E-state index contributed by atoms with van der Waals surface area (Å²) in [6.45, 7) is 4.99. The third kappa shape index (κ3) is 3.64. The molecule has 0 spiro atoms. The highest BCUT2D eigenvalue weighted by atomic mass is 35.5. The molecule has 0 saturated heterocycles. The summed E-state index contributed by atoms with van der Waals surface area (Å²) in [6.07, 6.45) is 3.27. The molecular formula is C18H21Cl2FN2O2. The first-order valence-corrected chi connectivity index (χ1v) is 9.08. The molecule has 136 valence electrons. The maximum atomic E-state index is 14.5. The zero-order valence-corrected chi connectivity index (χ0v) is 16.0. The Kier molecular flexibility index (Phi) is 5.02. The molecule has 2 aromatic rings. The molecule has 1 aromatic heterocycles. The summed E-state index contributed by atoms with van der Waals surface area (Å²) in [5.74, 6) is -0.257. The van der Waals surface area contributed by atoms with Crippen LogP contribution < -0.4 is 4.74 Å². The van der Waals surface area contributed by atoms with Gasteiger partial charge in [-0.25, -0.2) is 9.07 Å². The van der Waals surface area contributed by atoms with Crippen molar-refractivity contribution in [3.8, 4) is 11.4 Å². The Labute approximate surface area is 156 Å². The first kappa shape index (κ1) is 18.5. The summed E-state index contributed by atoms with van der Waals surface area (Å²) < 4.78 is 21.7. The molecule has 0 saturated carbocycles. The Morgan fingerprint density at radius 1 is 1.28 bits per heavy atom. The van der Waals surface area contributed by atoms with Gasteiger partial charge in [-0.3, -0.25) is 0 Å². The lowest BCUT2D eigenvalue weighted by atomic mass is 9.99. The SMILES string of the molecule is CC(Oc1cc(-n2nc3c(c2Cl)CCCC3)c(F)cc1Cl)C(C)(C)O. The topological polar surface area (TPSA) is 47.3 Å². The number of aryl methyl sites for hydroxylation is 1. The first-order chi connectivity index (χ1) is 11.7. The van der Waals surface area contributed by atoms with Crippen LogP contribution in [0.5, 0.6) is 5.75 Å². The van der Waals surface area contributed by atoms with E-state index in [1.807, 2.05) is 0 Å². The quantitative estimate of drug-likeness (QED) is 0.825. The predicted octanol–water partition coefficient (Wildman–Crippen LogP) is 4.74. The van der Waals surface area contributed by atoms with Crippen LogP contribution in [-0.2, 0) is 12.8 Å². The van der Waals surface area contributed by atoms with Gasteiger partial charge in [-0.15, -0.1) is 0 Å². The Hall–Kier alpha value is -1.30. The van der Waals surface area contributed by atoms with Crippen LogP contribution in [0.3, 0.4) is 0 Å². The van der Waals surface area contributed by atoms with Gasteiger partial charge in [-0.2, -0.15) is 5.10 Å². The third-order valence-electron chi connectivity index (χ3n) is 4.62. The number of ether oxygens (including phenoxy) is 1. The van der Waals surface area contributed by atoms with Gasteiger partial charge in [-0.1, -0.05) is 23.2 Å². The molecule has 1 aliphatic carbocycles. The van der Waals surface area contributed by atoms with Gasteiger partial charge in [0.25, 0.3) is 0 Å². The molecule has 1 N–H and O–H groups in total. The van der Waals surface area contributed by atoms with E-state index in [-0.39, 0.29) is 16.5 Å². The number of hydrogen-bond donors (Lipinski definition) is 1. The maximum absolute atomic E-state index is 14.5. The van der Waals surface area contributed by atoms with Gasteiger partial charge in [0, 0.05) is 11.6 Å². The number of rotatable bonds is 4. The van der Waals surface area contributed by atoms with Crippen molar-refractivity contribution in [2.24, 2.45) is 0 Å². The molecular weight excluding hydrogens is 366 g/mol. The van der Waals surface area contributed by atoms with Crippen molar-refractivity contribution in [1.82, 2.24) is 9.78 Å². The number of aromatic nitrogens is 2. The zero-order chi connectivity index (χ0) is 18.4. The molecule has 25 heavy (non-hydrogen) atoms. The molecule has 0 radical (unpaired) electrons. The lowest BCUT2D eigenvalue weighted by molar-refractivity contribution is -0.0241. The first-order valence-electron chi connectivity index (χ1n) is 8.33.